The van der Waals surface area contributed by atoms with Gasteiger partial charge in [-0.3, -0.25) is 9.69 Å². The molecule has 26 heavy (non-hydrogen) atoms. The van der Waals surface area contributed by atoms with Gasteiger partial charge in [0.25, 0.3) is 0 Å². The summed E-state index contributed by atoms with van der Waals surface area (Å²) < 4.78 is 6.24. The summed E-state index contributed by atoms with van der Waals surface area (Å²) in [6, 6.07) is 11.6. The van der Waals surface area contributed by atoms with Crippen molar-refractivity contribution >= 4 is 34.7 Å². The lowest BCUT2D eigenvalue weighted by Crippen LogP contribution is -2.35. The molecule has 0 N–H and O–H groups in total. The minimum atomic E-state index is -0.597. The maximum absolute atomic E-state index is 12.6. The molecule has 0 saturated heterocycles. The van der Waals surface area contributed by atoms with Gasteiger partial charge in [-0.2, -0.15) is 4.98 Å². The van der Waals surface area contributed by atoms with Gasteiger partial charge in [0.05, 0.1) is 10.6 Å². The van der Waals surface area contributed by atoms with Gasteiger partial charge in [-0.15, -0.1) is 21.5 Å². The van der Waals surface area contributed by atoms with Crippen LogP contribution in [0.1, 0.15) is 22.9 Å². The third-order valence-electron chi connectivity index (χ3n) is 4.04. The first-order valence-corrected chi connectivity index (χ1v) is 10.0. The number of aromatic nitrogens is 3. The number of hydrogen-bond donors (Lipinski definition) is 0. The molecule has 0 fully saturated rings. The van der Waals surface area contributed by atoms with Gasteiger partial charge in [0, 0.05) is 17.4 Å². The molecule has 0 spiro atoms. The van der Waals surface area contributed by atoms with Crippen LogP contribution < -0.4 is 9.64 Å². The Morgan fingerprint density at radius 3 is 2.73 bits per heavy atom. The number of ether oxygens (including phenoxy) is 1. The smallest absolute Gasteiger partial charge is 0.247 e. The number of fused-ring (bicyclic) bond motifs is 3. The molecule has 0 radical (unpaired) electrons. The number of nitrogens with zero attached hydrogens (tertiary/aromatic N) is 4. The third kappa shape index (κ3) is 2.85. The number of carbonyl (C=O) groups is 1. The molecule has 0 bridgehead atoms. The summed E-state index contributed by atoms with van der Waals surface area (Å²) in [6.45, 7) is 3.57. The Morgan fingerprint density at radius 1 is 1.23 bits per heavy atom. The highest BCUT2D eigenvalue weighted by atomic mass is 32.2. The Bertz CT molecular complexity index is 989. The van der Waals surface area contributed by atoms with Crippen LogP contribution in [0.15, 0.2) is 41.6 Å². The lowest BCUT2D eigenvalue weighted by molar-refractivity contribution is -0.118. The minimum absolute atomic E-state index is 0.112. The van der Waals surface area contributed by atoms with Gasteiger partial charge in [-0.25, -0.2) is 0 Å². The van der Waals surface area contributed by atoms with Crippen LogP contribution in [0.5, 0.6) is 5.88 Å². The second-order valence-electron chi connectivity index (χ2n) is 5.78. The molecule has 8 heteroatoms. The number of hydrogen-bond acceptors (Lipinski definition) is 7. The Labute approximate surface area is 159 Å². The van der Waals surface area contributed by atoms with Crippen LogP contribution in [0.3, 0.4) is 0 Å². The van der Waals surface area contributed by atoms with Crippen LogP contribution in [-0.4, -0.2) is 27.3 Å². The van der Waals surface area contributed by atoms with Crippen LogP contribution in [0, 0.1) is 6.92 Å². The highest BCUT2D eigenvalue weighted by molar-refractivity contribution is 7.98. The SMILES string of the molecule is CSc1nnc2c(n1)O[C@@H](c1ccc(C)s1)N(C(C)=O)c1ccccc1-2. The number of para-hydroxylation sites is 1. The second kappa shape index (κ2) is 6.69. The summed E-state index contributed by atoms with van der Waals surface area (Å²) >= 11 is 2.99. The Hall–Kier alpha value is -2.45. The first-order valence-electron chi connectivity index (χ1n) is 7.99. The summed E-state index contributed by atoms with van der Waals surface area (Å²) in [5, 5.41) is 9.00. The molecule has 2 aromatic heterocycles. The average Bonchev–Trinajstić information content (AvgIpc) is 3.01. The van der Waals surface area contributed by atoms with E-state index in [9.17, 15) is 4.79 Å². The van der Waals surface area contributed by atoms with Crippen LogP contribution in [0.2, 0.25) is 0 Å². The zero-order valence-corrected chi connectivity index (χ0v) is 16.1. The van der Waals surface area contributed by atoms with E-state index >= 15 is 0 Å². The fraction of sp³-hybridized carbons (Fsp3) is 0.222. The number of rotatable bonds is 2. The topological polar surface area (TPSA) is 68.2 Å². The summed E-state index contributed by atoms with van der Waals surface area (Å²) in [5.41, 5.74) is 2.06. The van der Waals surface area contributed by atoms with Crippen molar-refractivity contribution in [1.29, 1.82) is 0 Å². The molecule has 132 valence electrons. The first kappa shape index (κ1) is 17.0. The molecule has 1 atom stereocenters. The minimum Gasteiger partial charge on any atom is -0.446 e. The van der Waals surface area contributed by atoms with Gasteiger partial charge in [0.1, 0.15) is 0 Å². The normalized spacial score (nSPS) is 15.7. The van der Waals surface area contributed by atoms with Crippen molar-refractivity contribution in [3.63, 3.8) is 0 Å². The van der Waals surface area contributed by atoms with Crippen LogP contribution in [-0.2, 0) is 4.79 Å². The molecule has 0 saturated carbocycles. The molecule has 1 amide bonds. The zero-order valence-electron chi connectivity index (χ0n) is 14.5. The van der Waals surface area contributed by atoms with E-state index in [2.05, 4.69) is 15.2 Å². The monoisotopic (exact) mass is 384 g/mol. The Balaban J connectivity index is 1.97. The van der Waals surface area contributed by atoms with Crippen molar-refractivity contribution < 1.29 is 9.53 Å². The van der Waals surface area contributed by atoms with Crippen LogP contribution >= 0.6 is 23.1 Å². The fourth-order valence-electron chi connectivity index (χ4n) is 2.91. The highest BCUT2D eigenvalue weighted by Gasteiger charge is 2.35. The third-order valence-corrected chi connectivity index (χ3v) is 5.61. The Morgan fingerprint density at radius 2 is 2.04 bits per heavy atom. The van der Waals surface area contributed by atoms with Crippen molar-refractivity contribution in [2.45, 2.75) is 25.2 Å². The molecule has 3 aromatic rings. The molecule has 1 aromatic carbocycles. The van der Waals surface area contributed by atoms with E-state index in [0.717, 1.165) is 21.0 Å². The molecule has 1 aliphatic heterocycles. The second-order valence-corrected chi connectivity index (χ2v) is 7.87. The fourth-order valence-corrected chi connectivity index (χ4v) is 4.11. The highest BCUT2D eigenvalue weighted by Crippen LogP contribution is 2.44. The summed E-state index contributed by atoms with van der Waals surface area (Å²) in [5.74, 6) is 0.274. The molecular weight excluding hydrogens is 368 g/mol. The number of anilines is 1. The van der Waals surface area contributed by atoms with Gasteiger partial charge in [0.15, 0.2) is 5.69 Å². The Kier molecular flexibility index (Phi) is 4.37. The summed E-state index contributed by atoms with van der Waals surface area (Å²) in [6.07, 6.45) is 1.29. The van der Waals surface area contributed by atoms with Crippen molar-refractivity contribution in [2.24, 2.45) is 0 Å². The van der Waals surface area contributed by atoms with E-state index in [4.69, 9.17) is 4.74 Å². The lowest BCUT2D eigenvalue weighted by Gasteiger charge is -2.28. The predicted molar refractivity (Wildman–Crippen MR) is 103 cm³/mol. The number of amides is 1. The number of benzene rings is 1. The number of aryl methyl sites for hydroxylation is 1. The molecule has 1 aliphatic rings. The summed E-state index contributed by atoms with van der Waals surface area (Å²) in [7, 11) is 0. The molecular formula is C18H16N4O2S2. The number of thiophene rings is 1. The van der Waals surface area contributed by atoms with E-state index in [1.165, 1.54) is 18.7 Å². The molecule has 6 nitrogen and oxygen atoms in total. The molecule has 0 aliphatic carbocycles. The van der Waals surface area contributed by atoms with E-state index in [0.29, 0.717) is 16.7 Å². The quantitative estimate of drug-likeness (QED) is 0.620. The standard InChI is InChI=1S/C18H16N4O2S2/c1-10-8-9-14(26-10)17-22(11(2)23)13-7-5-4-6-12(13)15-16(24-17)19-18(25-3)21-20-15/h4-9,17H,1-3H3/t17-/m0/s1. The van der Waals surface area contributed by atoms with Crippen LogP contribution in [0.4, 0.5) is 5.69 Å². The van der Waals surface area contributed by atoms with Gasteiger partial charge in [0.2, 0.25) is 23.2 Å². The van der Waals surface area contributed by atoms with Crippen molar-refractivity contribution in [3.05, 3.63) is 46.2 Å². The maximum Gasteiger partial charge on any atom is 0.247 e. The van der Waals surface area contributed by atoms with Gasteiger partial charge in [-0.1, -0.05) is 30.0 Å². The zero-order chi connectivity index (χ0) is 18.3. The van der Waals surface area contributed by atoms with Gasteiger partial charge in [-0.05, 0) is 31.4 Å². The predicted octanol–water partition coefficient (Wildman–Crippen LogP) is 4.07. The molecule has 4 rings (SSSR count). The molecule has 3 heterocycles. The maximum atomic E-state index is 12.6. The summed E-state index contributed by atoms with van der Waals surface area (Å²) in [4.78, 5) is 20.8. The van der Waals surface area contributed by atoms with E-state index in [1.807, 2.05) is 49.6 Å². The number of thioether (sulfide) groups is 1. The van der Waals surface area contributed by atoms with Crippen molar-refractivity contribution in [1.82, 2.24) is 15.2 Å². The van der Waals surface area contributed by atoms with E-state index < -0.39 is 6.23 Å². The van der Waals surface area contributed by atoms with E-state index in [1.54, 1.807) is 16.2 Å². The average molecular weight is 384 g/mol. The number of carbonyl (C=O) groups excluding carboxylic acids is 1. The van der Waals surface area contributed by atoms with E-state index in [-0.39, 0.29) is 5.91 Å². The largest absolute Gasteiger partial charge is 0.446 e. The van der Waals surface area contributed by atoms with Crippen molar-refractivity contribution in [2.75, 3.05) is 11.2 Å². The lowest BCUT2D eigenvalue weighted by atomic mass is 10.1. The van der Waals surface area contributed by atoms with Crippen LogP contribution in [0.25, 0.3) is 11.3 Å². The van der Waals surface area contributed by atoms with Gasteiger partial charge >= 0.3 is 0 Å². The molecule has 0 unspecified atom stereocenters. The van der Waals surface area contributed by atoms with Gasteiger partial charge < -0.3 is 4.74 Å². The first-order chi connectivity index (χ1) is 12.6. The van der Waals surface area contributed by atoms with Crippen molar-refractivity contribution in [3.8, 4) is 17.1 Å².